The average Bonchev–Trinajstić information content (AvgIpc) is 2.30. The molecule has 0 aromatic carbocycles. The fourth-order valence-corrected chi connectivity index (χ4v) is 1.49. The van der Waals surface area contributed by atoms with Crippen molar-refractivity contribution in [2.45, 2.75) is 18.4 Å². The monoisotopic (exact) mass is 327 g/mol. The highest BCUT2D eigenvalue weighted by Gasteiger charge is 2.43. The maximum Gasteiger partial charge on any atom is 0.471 e. The van der Waals surface area contributed by atoms with Gasteiger partial charge >= 0.3 is 24.2 Å². The number of rotatable bonds is 4. The zero-order valence-corrected chi connectivity index (χ0v) is 10.4. The molecule has 0 spiro atoms. The molecule has 0 aromatic heterocycles. The van der Waals surface area contributed by atoms with Gasteiger partial charge in [0.2, 0.25) is 0 Å². The fraction of sp³-hybridized carbons (Fsp3) is 0.625. The van der Waals surface area contributed by atoms with E-state index in [-0.39, 0.29) is 0 Å². The Hall–Kier alpha value is -1.46. The number of thioether (sulfide) groups is 1. The number of hydrogen-bond donors (Lipinski definition) is 1. The standard InChI is InChI=1S/C8H7F6NO4S/c1-19-4(16)3(15-5(17)7(9,10)11)2-20-6(18)8(12,13)14/h3H,2H2,1H3,(H,15,17)/t3-/m0/s1. The zero-order chi connectivity index (χ0) is 16.1. The van der Waals surface area contributed by atoms with Gasteiger partial charge in [0, 0.05) is 5.75 Å². The minimum absolute atomic E-state index is 0.459. The molecule has 5 nitrogen and oxygen atoms in total. The minimum Gasteiger partial charge on any atom is -0.467 e. The smallest absolute Gasteiger partial charge is 0.467 e. The molecule has 1 N–H and O–H groups in total. The van der Waals surface area contributed by atoms with Gasteiger partial charge in [-0.1, -0.05) is 11.8 Å². The van der Waals surface area contributed by atoms with E-state index in [1.807, 2.05) is 0 Å². The molecule has 0 saturated heterocycles. The summed E-state index contributed by atoms with van der Waals surface area (Å²) in [4.78, 5) is 32.1. The van der Waals surface area contributed by atoms with E-state index < -0.39 is 52.9 Å². The molecule has 1 amide bonds. The number of nitrogens with one attached hydrogen (secondary N) is 1. The average molecular weight is 327 g/mol. The molecule has 20 heavy (non-hydrogen) atoms. The molecule has 0 fully saturated rings. The summed E-state index contributed by atoms with van der Waals surface area (Å²) in [5.74, 6) is -5.00. The number of esters is 1. The highest BCUT2D eigenvalue weighted by atomic mass is 32.2. The SMILES string of the molecule is COC(=O)[C@H](CSC(=O)C(F)(F)F)NC(=O)C(F)(F)F. The van der Waals surface area contributed by atoms with E-state index in [0.29, 0.717) is 0 Å². The van der Waals surface area contributed by atoms with Crippen LogP contribution in [-0.4, -0.2) is 48.2 Å². The van der Waals surface area contributed by atoms with E-state index in [4.69, 9.17) is 0 Å². The third-order valence-corrected chi connectivity index (χ3v) is 2.65. The molecule has 12 heteroatoms. The third kappa shape index (κ3) is 6.12. The van der Waals surface area contributed by atoms with Crippen LogP contribution >= 0.6 is 11.8 Å². The Labute approximate surface area is 112 Å². The lowest BCUT2D eigenvalue weighted by molar-refractivity contribution is -0.175. The first-order valence-electron chi connectivity index (χ1n) is 4.59. The first-order valence-corrected chi connectivity index (χ1v) is 5.57. The predicted octanol–water partition coefficient (Wildman–Crippen LogP) is 1.03. The number of carbonyl (C=O) groups is 3. The van der Waals surface area contributed by atoms with Gasteiger partial charge in [0.15, 0.2) is 0 Å². The largest absolute Gasteiger partial charge is 0.471 e. The van der Waals surface area contributed by atoms with Crippen molar-refractivity contribution in [2.75, 3.05) is 12.9 Å². The normalized spacial score (nSPS) is 13.6. The molecule has 0 aromatic rings. The lowest BCUT2D eigenvalue weighted by Crippen LogP contribution is -2.48. The Morgan fingerprint density at radius 3 is 1.95 bits per heavy atom. The summed E-state index contributed by atoms with van der Waals surface area (Å²) in [6.07, 6.45) is -10.5. The van der Waals surface area contributed by atoms with Crippen molar-refractivity contribution < 1.29 is 45.5 Å². The van der Waals surface area contributed by atoms with Crippen LogP contribution in [-0.2, 0) is 19.1 Å². The summed E-state index contributed by atoms with van der Waals surface area (Å²) in [7, 11) is 0.755. The maximum atomic E-state index is 11.9. The minimum atomic E-state index is -5.33. The second-order valence-electron chi connectivity index (χ2n) is 3.14. The molecule has 0 radical (unpaired) electrons. The number of halogens is 6. The Balaban J connectivity index is 4.73. The van der Waals surface area contributed by atoms with Crippen LogP contribution in [0.15, 0.2) is 0 Å². The van der Waals surface area contributed by atoms with Crippen molar-refractivity contribution >= 4 is 28.8 Å². The summed E-state index contributed by atoms with van der Waals surface area (Å²) in [6.45, 7) is 0. The molecule has 0 aliphatic carbocycles. The van der Waals surface area contributed by atoms with Crippen LogP contribution in [0.5, 0.6) is 0 Å². The lowest BCUT2D eigenvalue weighted by Gasteiger charge is -2.17. The van der Waals surface area contributed by atoms with Crippen LogP contribution in [0, 0.1) is 0 Å². The van der Waals surface area contributed by atoms with Gasteiger partial charge < -0.3 is 10.1 Å². The van der Waals surface area contributed by atoms with Crippen LogP contribution in [0.4, 0.5) is 26.3 Å². The molecule has 0 rings (SSSR count). The first kappa shape index (κ1) is 18.5. The Morgan fingerprint density at radius 2 is 1.60 bits per heavy atom. The van der Waals surface area contributed by atoms with Gasteiger partial charge in [-0.15, -0.1) is 0 Å². The molecule has 0 heterocycles. The Morgan fingerprint density at radius 1 is 1.10 bits per heavy atom. The molecule has 0 aliphatic rings. The number of hydrogen-bond acceptors (Lipinski definition) is 5. The van der Waals surface area contributed by atoms with Crippen LogP contribution in [0.3, 0.4) is 0 Å². The lowest BCUT2D eigenvalue weighted by atomic mass is 10.3. The van der Waals surface area contributed by atoms with E-state index in [2.05, 4.69) is 4.74 Å². The molecule has 116 valence electrons. The van der Waals surface area contributed by atoms with Gasteiger partial charge in [-0.05, 0) is 0 Å². The number of carbonyl (C=O) groups excluding carboxylic acids is 3. The van der Waals surface area contributed by atoms with E-state index in [9.17, 15) is 40.7 Å². The zero-order valence-electron chi connectivity index (χ0n) is 9.59. The van der Waals surface area contributed by atoms with E-state index >= 15 is 0 Å². The molecule has 0 aliphatic heterocycles. The molecule has 0 unspecified atom stereocenters. The molecule has 0 bridgehead atoms. The van der Waals surface area contributed by atoms with Gasteiger partial charge in [0.25, 0.3) is 5.12 Å². The summed E-state index contributed by atoms with van der Waals surface area (Å²) in [5, 5.41) is -1.18. The second kappa shape index (κ2) is 6.81. The number of methoxy groups -OCH3 is 1. The Kier molecular flexibility index (Phi) is 6.32. The van der Waals surface area contributed by atoms with Gasteiger partial charge in [-0.2, -0.15) is 26.3 Å². The van der Waals surface area contributed by atoms with E-state index in [1.165, 1.54) is 0 Å². The van der Waals surface area contributed by atoms with Gasteiger partial charge in [-0.3, -0.25) is 9.59 Å². The molecule has 1 atom stereocenters. The molecule has 0 saturated carbocycles. The molecular formula is C8H7F6NO4S. The summed E-state index contributed by atoms with van der Waals surface area (Å²) in [5.41, 5.74) is 0. The summed E-state index contributed by atoms with van der Waals surface area (Å²) >= 11 is -0.459. The van der Waals surface area contributed by atoms with E-state index in [0.717, 1.165) is 12.4 Å². The van der Waals surface area contributed by atoms with Crippen molar-refractivity contribution in [1.82, 2.24) is 5.32 Å². The highest BCUT2D eigenvalue weighted by Crippen LogP contribution is 2.24. The first-order chi connectivity index (χ1) is 8.89. The maximum absolute atomic E-state index is 11.9. The fourth-order valence-electron chi connectivity index (χ4n) is 0.792. The van der Waals surface area contributed by atoms with Gasteiger partial charge in [-0.25, -0.2) is 4.79 Å². The topological polar surface area (TPSA) is 72.5 Å². The number of alkyl halides is 6. The van der Waals surface area contributed by atoms with E-state index in [1.54, 1.807) is 0 Å². The van der Waals surface area contributed by atoms with Crippen molar-refractivity contribution in [3.05, 3.63) is 0 Å². The van der Waals surface area contributed by atoms with Crippen LogP contribution < -0.4 is 5.32 Å². The van der Waals surface area contributed by atoms with Crippen molar-refractivity contribution in [1.29, 1.82) is 0 Å². The van der Waals surface area contributed by atoms with Gasteiger partial charge in [0.05, 0.1) is 7.11 Å². The van der Waals surface area contributed by atoms with Crippen molar-refractivity contribution in [3.8, 4) is 0 Å². The predicted molar refractivity (Wildman–Crippen MR) is 53.5 cm³/mol. The quantitative estimate of drug-likeness (QED) is 0.617. The Bertz CT molecular complexity index is 393. The molecular weight excluding hydrogens is 320 g/mol. The van der Waals surface area contributed by atoms with Crippen molar-refractivity contribution in [3.63, 3.8) is 0 Å². The number of ether oxygens (including phenoxy) is 1. The van der Waals surface area contributed by atoms with Gasteiger partial charge in [0.1, 0.15) is 6.04 Å². The van der Waals surface area contributed by atoms with Crippen LogP contribution in [0.25, 0.3) is 0 Å². The highest BCUT2D eigenvalue weighted by molar-refractivity contribution is 8.13. The van der Waals surface area contributed by atoms with Crippen molar-refractivity contribution in [2.24, 2.45) is 0 Å². The number of amides is 1. The third-order valence-electron chi connectivity index (χ3n) is 1.66. The van der Waals surface area contributed by atoms with Crippen LogP contribution in [0.2, 0.25) is 0 Å². The summed E-state index contributed by atoms with van der Waals surface area (Å²) in [6, 6.07) is -2.04. The second-order valence-corrected chi connectivity index (χ2v) is 4.14. The summed E-state index contributed by atoms with van der Waals surface area (Å²) < 4.78 is 75.5. The van der Waals surface area contributed by atoms with Crippen LogP contribution in [0.1, 0.15) is 0 Å².